The summed E-state index contributed by atoms with van der Waals surface area (Å²) >= 11 is 0. The molecule has 0 heterocycles. The van der Waals surface area contributed by atoms with Crippen molar-refractivity contribution in [1.82, 2.24) is 5.32 Å². The smallest absolute Gasteiger partial charge is 0.221 e. The number of primary amides is 1. The Bertz CT molecular complexity index is 641. The van der Waals surface area contributed by atoms with Crippen molar-refractivity contribution in [3.05, 3.63) is 71.8 Å². The van der Waals surface area contributed by atoms with Crippen LogP contribution in [0, 0.1) is 5.92 Å². The Morgan fingerprint density at radius 3 is 2.13 bits per heavy atom. The molecule has 2 rings (SSSR count). The van der Waals surface area contributed by atoms with Crippen molar-refractivity contribution in [2.24, 2.45) is 11.7 Å². The number of nitrogens with two attached hydrogens (primary N) is 1. The molecule has 0 fully saturated rings. The summed E-state index contributed by atoms with van der Waals surface area (Å²) in [5.41, 5.74) is 7.20. The number of carbonyl (C=O) groups is 2. The van der Waals surface area contributed by atoms with Gasteiger partial charge in [-0.15, -0.1) is 0 Å². The maximum atomic E-state index is 12.2. The largest absolute Gasteiger partial charge is 0.369 e. The van der Waals surface area contributed by atoms with E-state index in [9.17, 15) is 9.59 Å². The first-order valence-corrected chi connectivity index (χ1v) is 7.73. The Morgan fingerprint density at radius 1 is 1.00 bits per heavy atom. The van der Waals surface area contributed by atoms with Crippen molar-refractivity contribution in [3.63, 3.8) is 0 Å². The summed E-state index contributed by atoms with van der Waals surface area (Å²) in [5.74, 6) is -0.732. The fourth-order valence-corrected chi connectivity index (χ4v) is 2.44. The fraction of sp³-hybridized carbons (Fsp3) is 0.263. The number of nitrogens with one attached hydrogen (secondary N) is 1. The molecule has 3 N–H and O–H groups in total. The van der Waals surface area contributed by atoms with Gasteiger partial charge in [-0.1, -0.05) is 67.6 Å². The monoisotopic (exact) mass is 310 g/mol. The van der Waals surface area contributed by atoms with E-state index in [2.05, 4.69) is 5.32 Å². The quantitative estimate of drug-likeness (QED) is 0.734. The van der Waals surface area contributed by atoms with E-state index >= 15 is 0 Å². The highest BCUT2D eigenvalue weighted by atomic mass is 16.1. The minimum atomic E-state index is -0.370. The van der Waals surface area contributed by atoms with Gasteiger partial charge in [-0.3, -0.25) is 9.59 Å². The predicted octanol–water partition coefficient (Wildman–Crippen LogP) is 2.19. The minimum absolute atomic E-state index is 0.000307. The molecule has 2 atom stereocenters. The summed E-state index contributed by atoms with van der Waals surface area (Å²) in [6.07, 6.45) is 0.646. The SMILES string of the molecule is C[C@@H](C(N)=O)[C@H](Cc1ccccc1)NCC(=O)c1ccccc1. The summed E-state index contributed by atoms with van der Waals surface area (Å²) < 4.78 is 0. The molecule has 0 radical (unpaired) electrons. The minimum Gasteiger partial charge on any atom is -0.369 e. The van der Waals surface area contributed by atoms with Gasteiger partial charge in [0.05, 0.1) is 12.5 Å². The molecule has 0 aliphatic carbocycles. The second kappa shape index (κ2) is 8.25. The summed E-state index contributed by atoms with van der Waals surface area (Å²) in [7, 11) is 0. The first kappa shape index (κ1) is 16.9. The first-order valence-electron chi connectivity index (χ1n) is 7.73. The van der Waals surface area contributed by atoms with E-state index < -0.39 is 0 Å². The van der Waals surface area contributed by atoms with Gasteiger partial charge in [0.2, 0.25) is 5.91 Å². The lowest BCUT2D eigenvalue weighted by Gasteiger charge is -2.23. The van der Waals surface area contributed by atoms with Gasteiger partial charge >= 0.3 is 0 Å². The van der Waals surface area contributed by atoms with Crippen LogP contribution >= 0.6 is 0 Å². The zero-order valence-electron chi connectivity index (χ0n) is 13.2. The maximum absolute atomic E-state index is 12.2. The molecule has 4 heteroatoms. The van der Waals surface area contributed by atoms with E-state index in [1.165, 1.54) is 0 Å². The highest BCUT2D eigenvalue weighted by Gasteiger charge is 2.22. The van der Waals surface area contributed by atoms with Crippen molar-refractivity contribution in [1.29, 1.82) is 0 Å². The number of amides is 1. The molecule has 0 aliphatic rings. The molecular formula is C19H22N2O2. The van der Waals surface area contributed by atoms with Crippen LogP contribution in [0.1, 0.15) is 22.8 Å². The summed E-state index contributed by atoms with van der Waals surface area (Å²) in [6, 6.07) is 18.8. The molecule has 4 nitrogen and oxygen atoms in total. The molecule has 2 aromatic rings. The maximum Gasteiger partial charge on any atom is 0.221 e. The zero-order valence-corrected chi connectivity index (χ0v) is 13.2. The van der Waals surface area contributed by atoms with Gasteiger partial charge in [-0.2, -0.15) is 0 Å². The second-order valence-corrected chi connectivity index (χ2v) is 5.66. The van der Waals surface area contributed by atoms with Crippen LogP contribution in [-0.4, -0.2) is 24.3 Å². The third kappa shape index (κ3) is 5.04. The lowest BCUT2D eigenvalue weighted by molar-refractivity contribution is -0.122. The van der Waals surface area contributed by atoms with Crippen LogP contribution in [0.25, 0.3) is 0 Å². The molecule has 1 amide bonds. The lowest BCUT2D eigenvalue weighted by atomic mass is 9.94. The van der Waals surface area contributed by atoms with Crippen LogP contribution in [-0.2, 0) is 11.2 Å². The van der Waals surface area contributed by atoms with Crippen molar-refractivity contribution >= 4 is 11.7 Å². The van der Waals surface area contributed by atoms with Crippen molar-refractivity contribution in [2.45, 2.75) is 19.4 Å². The molecule has 0 saturated carbocycles. The summed E-state index contributed by atoms with van der Waals surface area (Å²) in [6.45, 7) is 1.97. The normalized spacial score (nSPS) is 13.3. The van der Waals surface area contributed by atoms with Crippen molar-refractivity contribution in [3.8, 4) is 0 Å². The molecule has 120 valence electrons. The van der Waals surface area contributed by atoms with Gasteiger partial charge in [0, 0.05) is 11.6 Å². The summed E-state index contributed by atoms with van der Waals surface area (Å²) in [4.78, 5) is 23.8. The number of hydrogen-bond acceptors (Lipinski definition) is 3. The fourth-order valence-electron chi connectivity index (χ4n) is 2.44. The van der Waals surface area contributed by atoms with E-state index in [-0.39, 0.29) is 30.2 Å². The lowest BCUT2D eigenvalue weighted by Crippen LogP contribution is -2.44. The Kier molecular flexibility index (Phi) is 6.06. The Labute approximate surface area is 136 Å². The van der Waals surface area contributed by atoms with Crippen LogP contribution in [0.15, 0.2) is 60.7 Å². The molecule has 0 unspecified atom stereocenters. The molecule has 0 saturated heterocycles. The van der Waals surface area contributed by atoms with E-state index in [1.807, 2.05) is 48.5 Å². The summed E-state index contributed by atoms with van der Waals surface area (Å²) in [5, 5.41) is 3.20. The van der Waals surface area contributed by atoms with Crippen LogP contribution in [0.5, 0.6) is 0 Å². The van der Waals surface area contributed by atoms with Gasteiger partial charge in [0.15, 0.2) is 5.78 Å². The highest BCUT2D eigenvalue weighted by Crippen LogP contribution is 2.11. The molecule has 2 aromatic carbocycles. The molecule has 0 aromatic heterocycles. The van der Waals surface area contributed by atoms with E-state index in [4.69, 9.17) is 5.73 Å². The van der Waals surface area contributed by atoms with Gasteiger partial charge in [-0.05, 0) is 12.0 Å². The van der Waals surface area contributed by atoms with Gasteiger partial charge in [0.1, 0.15) is 0 Å². The van der Waals surface area contributed by atoms with Crippen LogP contribution in [0.3, 0.4) is 0 Å². The predicted molar refractivity (Wildman–Crippen MR) is 91.1 cm³/mol. The molecule has 0 spiro atoms. The molecule has 0 aliphatic heterocycles. The molecule has 0 bridgehead atoms. The third-order valence-electron chi connectivity index (χ3n) is 3.97. The standard InChI is InChI=1S/C19H22N2O2/c1-14(19(20)23)17(12-15-8-4-2-5-9-15)21-13-18(22)16-10-6-3-7-11-16/h2-11,14,17,21H,12-13H2,1H3,(H2,20,23)/t14-,17+/m1/s1. The zero-order chi connectivity index (χ0) is 16.7. The Morgan fingerprint density at radius 2 is 1.57 bits per heavy atom. The average molecular weight is 310 g/mol. The van der Waals surface area contributed by atoms with Crippen LogP contribution in [0.4, 0.5) is 0 Å². The van der Waals surface area contributed by atoms with Gasteiger partial charge in [-0.25, -0.2) is 0 Å². The Balaban J connectivity index is 2.03. The van der Waals surface area contributed by atoms with Gasteiger partial charge in [0.25, 0.3) is 0 Å². The Hall–Kier alpha value is -2.46. The average Bonchev–Trinajstić information content (AvgIpc) is 2.59. The first-order chi connectivity index (χ1) is 11.1. The van der Waals surface area contributed by atoms with Crippen LogP contribution < -0.4 is 11.1 Å². The molecule has 23 heavy (non-hydrogen) atoms. The van der Waals surface area contributed by atoms with E-state index in [0.717, 1.165) is 5.56 Å². The number of rotatable bonds is 8. The van der Waals surface area contributed by atoms with Crippen molar-refractivity contribution in [2.75, 3.05) is 6.54 Å². The number of Topliss-reactive ketones (excluding diaryl/α,β-unsaturated/α-hetero) is 1. The topological polar surface area (TPSA) is 72.2 Å². The molecular weight excluding hydrogens is 288 g/mol. The number of hydrogen-bond donors (Lipinski definition) is 2. The van der Waals surface area contributed by atoms with Crippen molar-refractivity contribution < 1.29 is 9.59 Å². The number of benzene rings is 2. The third-order valence-corrected chi connectivity index (χ3v) is 3.97. The second-order valence-electron chi connectivity index (χ2n) is 5.66. The van der Waals surface area contributed by atoms with E-state index in [1.54, 1.807) is 19.1 Å². The number of ketones is 1. The highest BCUT2D eigenvalue weighted by molar-refractivity contribution is 5.97. The van der Waals surface area contributed by atoms with E-state index in [0.29, 0.717) is 12.0 Å². The van der Waals surface area contributed by atoms with Crippen LogP contribution in [0.2, 0.25) is 0 Å². The van der Waals surface area contributed by atoms with Gasteiger partial charge < -0.3 is 11.1 Å². The number of carbonyl (C=O) groups excluding carboxylic acids is 2.